The molecule has 1 unspecified atom stereocenters. The van der Waals surface area contributed by atoms with Gasteiger partial charge in [-0.3, -0.25) is 14.5 Å². The van der Waals surface area contributed by atoms with Crippen LogP contribution in [0.4, 0.5) is 0 Å². The van der Waals surface area contributed by atoms with Crippen LogP contribution in [0, 0.1) is 5.92 Å². The third-order valence-electron chi connectivity index (χ3n) is 2.44. The molecule has 2 amide bonds. The van der Waals surface area contributed by atoms with E-state index in [-0.39, 0.29) is 37.6 Å². The fraction of sp³-hybridized carbons (Fsp3) is 0.800. The first-order valence-corrected chi connectivity index (χ1v) is 5.17. The van der Waals surface area contributed by atoms with Crippen molar-refractivity contribution in [2.75, 3.05) is 26.4 Å². The summed E-state index contributed by atoms with van der Waals surface area (Å²) < 4.78 is 4.79. The molecular weight excluding hydrogens is 198 g/mol. The second-order valence-corrected chi connectivity index (χ2v) is 3.86. The summed E-state index contributed by atoms with van der Waals surface area (Å²) in [6.45, 7) is 2.52. The molecular formula is C10H17NO4. The minimum absolute atomic E-state index is 0.00128. The van der Waals surface area contributed by atoms with Gasteiger partial charge in [-0.2, -0.15) is 0 Å². The van der Waals surface area contributed by atoms with Crippen LogP contribution in [0.2, 0.25) is 0 Å². The van der Waals surface area contributed by atoms with Gasteiger partial charge in [-0.1, -0.05) is 6.92 Å². The zero-order chi connectivity index (χ0) is 11.3. The summed E-state index contributed by atoms with van der Waals surface area (Å²) >= 11 is 0. The van der Waals surface area contributed by atoms with E-state index in [9.17, 15) is 9.59 Å². The maximum Gasteiger partial charge on any atom is 0.255 e. The molecule has 1 aliphatic heterocycles. The van der Waals surface area contributed by atoms with Crippen LogP contribution >= 0.6 is 0 Å². The fourth-order valence-corrected chi connectivity index (χ4v) is 1.46. The van der Waals surface area contributed by atoms with Gasteiger partial charge < -0.3 is 9.84 Å². The highest BCUT2D eigenvalue weighted by molar-refractivity contribution is 5.98. The molecule has 0 aromatic heterocycles. The van der Waals surface area contributed by atoms with Gasteiger partial charge in [-0.15, -0.1) is 0 Å². The highest BCUT2D eigenvalue weighted by atomic mass is 16.5. The van der Waals surface area contributed by atoms with Gasteiger partial charge in [-0.25, -0.2) is 0 Å². The van der Waals surface area contributed by atoms with Crippen molar-refractivity contribution in [2.45, 2.75) is 19.8 Å². The number of aliphatic hydroxyl groups is 1. The summed E-state index contributed by atoms with van der Waals surface area (Å²) in [7, 11) is 0. The predicted octanol–water partition coefficient (Wildman–Crippen LogP) is -0.220. The lowest BCUT2D eigenvalue weighted by Crippen LogP contribution is -2.46. The molecule has 0 radical (unpaired) electrons. The van der Waals surface area contributed by atoms with E-state index in [0.29, 0.717) is 6.54 Å². The highest BCUT2D eigenvalue weighted by Gasteiger charge is 2.25. The van der Waals surface area contributed by atoms with E-state index in [1.165, 1.54) is 4.90 Å². The van der Waals surface area contributed by atoms with Gasteiger partial charge in [-0.05, 0) is 18.8 Å². The van der Waals surface area contributed by atoms with Crippen molar-refractivity contribution in [1.29, 1.82) is 0 Å². The monoisotopic (exact) mass is 215 g/mol. The second-order valence-electron chi connectivity index (χ2n) is 3.86. The zero-order valence-corrected chi connectivity index (χ0v) is 8.94. The van der Waals surface area contributed by atoms with Crippen molar-refractivity contribution in [2.24, 2.45) is 5.92 Å². The van der Waals surface area contributed by atoms with E-state index in [1.54, 1.807) is 0 Å². The van der Waals surface area contributed by atoms with Crippen molar-refractivity contribution in [1.82, 2.24) is 4.90 Å². The maximum absolute atomic E-state index is 11.3. The Morgan fingerprint density at radius 1 is 1.40 bits per heavy atom. The van der Waals surface area contributed by atoms with Crippen LogP contribution < -0.4 is 0 Å². The number of aliphatic hydroxyl groups excluding tert-OH is 1. The van der Waals surface area contributed by atoms with Crippen LogP contribution in [-0.4, -0.2) is 48.2 Å². The van der Waals surface area contributed by atoms with Crippen molar-refractivity contribution >= 4 is 11.8 Å². The van der Waals surface area contributed by atoms with E-state index in [2.05, 4.69) is 0 Å². The van der Waals surface area contributed by atoms with Crippen LogP contribution in [-0.2, 0) is 14.3 Å². The minimum Gasteiger partial charge on any atom is -0.396 e. The molecule has 0 aliphatic carbocycles. The number of rotatable bonds is 5. The number of morpholine rings is 1. The first-order chi connectivity index (χ1) is 7.15. The lowest BCUT2D eigenvalue weighted by molar-refractivity contribution is -0.158. The Morgan fingerprint density at radius 3 is 2.53 bits per heavy atom. The van der Waals surface area contributed by atoms with Crippen LogP contribution in [0.1, 0.15) is 19.8 Å². The Morgan fingerprint density at radius 2 is 2.00 bits per heavy atom. The van der Waals surface area contributed by atoms with E-state index >= 15 is 0 Å². The summed E-state index contributed by atoms with van der Waals surface area (Å²) in [4.78, 5) is 23.8. The molecule has 1 saturated heterocycles. The van der Waals surface area contributed by atoms with Crippen molar-refractivity contribution in [3.05, 3.63) is 0 Å². The molecule has 1 fully saturated rings. The Kier molecular flexibility index (Phi) is 4.71. The molecule has 1 aliphatic rings. The molecule has 15 heavy (non-hydrogen) atoms. The summed E-state index contributed by atoms with van der Waals surface area (Å²) in [6.07, 6.45) is 1.55. The zero-order valence-electron chi connectivity index (χ0n) is 8.94. The standard InChI is InChI=1S/C10H17NO4/c1-8(5-12)3-2-4-11-9(13)6-15-7-10(11)14/h8,12H,2-7H2,1H3. The SMILES string of the molecule is CC(CO)CCCN1C(=O)COCC1=O. The van der Waals surface area contributed by atoms with Gasteiger partial charge in [0.25, 0.3) is 11.8 Å². The maximum atomic E-state index is 11.3. The van der Waals surface area contributed by atoms with Crippen LogP contribution in [0.25, 0.3) is 0 Å². The molecule has 0 spiro atoms. The largest absolute Gasteiger partial charge is 0.396 e. The molecule has 0 bridgehead atoms. The smallest absolute Gasteiger partial charge is 0.255 e. The van der Waals surface area contributed by atoms with Gasteiger partial charge in [0.2, 0.25) is 0 Å². The molecule has 86 valence electrons. The van der Waals surface area contributed by atoms with Gasteiger partial charge >= 0.3 is 0 Å². The number of hydrogen-bond donors (Lipinski definition) is 1. The number of amides is 2. The summed E-state index contributed by atoms with van der Waals surface area (Å²) in [5, 5.41) is 8.81. The van der Waals surface area contributed by atoms with Crippen molar-refractivity contribution in [3.8, 4) is 0 Å². The number of carbonyl (C=O) groups is 2. The van der Waals surface area contributed by atoms with Gasteiger partial charge in [0.1, 0.15) is 13.2 Å². The summed E-state index contributed by atoms with van der Waals surface area (Å²) in [5.74, 6) is -0.304. The molecule has 1 N–H and O–H groups in total. The average molecular weight is 215 g/mol. The molecule has 0 saturated carbocycles. The number of carbonyl (C=O) groups excluding carboxylic acids is 2. The van der Waals surface area contributed by atoms with Crippen LogP contribution in [0.5, 0.6) is 0 Å². The Labute approximate surface area is 89.0 Å². The number of ether oxygens (including phenoxy) is 1. The molecule has 0 aromatic rings. The first kappa shape index (κ1) is 12.1. The van der Waals surface area contributed by atoms with Crippen molar-refractivity contribution in [3.63, 3.8) is 0 Å². The summed E-state index contributed by atoms with van der Waals surface area (Å²) in [5.41, 5.74) is 0. The second kappa shape index (κ2) is 5.82. The van der Waals surface area contributed by atoms with E-state index in [0.717, 1.165) is 12.8 Å². The molecule has 0 aromatic carbocycles. The lowest BCUT2D eigenvalue weighted by Gasteiger charge is -2.25. The lowest BCUT2D eigenvalue weighted by atomic mass is 10.1. The Hall–Kier alpha value is -0.940. The van der Waals surface area contributed by atoms with Crippen molar-refractivity contribution < 1.29 is 19.4 Å². The van der Waals surface area contributed by atoms with Gasteiger partial charge in [0, 0.05) is 13.2 Å². The molecule has 1 rings (SSSR count). The van der Waals surface area contributed by atoms with E-state index in [1.807, 2.05) is 6.92 Å². The topological polar surface area (TPSA) is 66.8 Å². The number of hydrogen-bond acceptors (Lipinski definition) is 4. The third kappa shape index (κ3) is 3.60. The first-order valence-electron chi connectivity index (χ1n) is 5.17. The molecule has 1 atom stereocenters. The van der Waals surface area contributed by atoms with Crippen LogP contribution in [0.15, 0.2) is 0 Å². The number of imide groups is 1. The fourth-order valence-electron chi connectivity index (χ4n) is 1.46. The summed E-state index contributed by atoms with van der Waals surface area (Å²) in [6, 6.07) is 0. The quantitative estimate of drug-likeness (QED) is 0.644. The highest BCUT2D eigenvalue weighted by Crippen LogP contribution is 2.08. The predicted molar refractivity (Wildman–Crippen MR) is 53.0 cm³/mol. The molecule has 5 nitrogen and oxygen atoms in total. The number of nitrogens with zero attached hydrogens (tertiary/aromatic N) is 1. The van der Waals surface area contributed by atoms with E-state index < -0.39 is 0 Å². The average Bonchev–Trinajstić information content (AvgIpc) is 2.22. The normalized spacial score (nSPS) is 19.5. The van der Waals surface area contributed by atoms with Gasteiger partial charge in [0.15, 0.2) is 0 Å². The van der Waals surface area contributed by atoms with Gasteiger partial charge in [0.05, 0.1) is 0 Å². The molecule has 5 heteroatoms. The Balaban J connectivity index is 2.29. The third-order valence-corrected chi connectivity index (χ3v) is 2.44. The van der Waals surface area contributed by atoms with E-state index in [4.69, 9.17) is 9.84 Å². The molecule has 1 heterocycles. The van der Waals surface area contributed by atoms with Crippen LogP contribution in [0.3, 0.4) is 0 Å². The minimum atomic E-state index is -0.261. The Bertz CT molecular complexity index is 226.